The van der Waals surface area contributed by atoms with E-state index < -0.39 is 0 Å². The molecule has 2 atom stereocenters. The SMILES string of the molecule is C[C@@H]1CN(C(=O)c2nc3sccn3c2CN2CCCN(C3CCCC3)CC2)C[C@H](C)O1. The Labute approximate surface area is 189 Å². The smallest absolute Gasteiger partial charge is 0.274 e. The number of hydrogen-bond donors (Lipinski definition) is 0. The molecule has 0 bridgehead atoms. The largest absolute Gasteiger partial charge is 0.372 e. The molecule has 7 nitrogen and oxygen atoms in total. The number of rotatable bonds is 4. The molecule has 1 amide bonds. The molecule has 3 fully saturated rings. The molecular formula is C23H35N5O2S. The van der Waals surface area contributed by atoms with Gasteiger partial charge in [-0.15, -0.1) is 11.3 Å². The van der Waals surface area contributed by atoms with Crippen molar-refractivity contribution in [2.75, 3.05) is 39.3 Å². The first-order valence-corrected chi connectivity index (χ1v) is 12.8. The van der Waals surface area contributed by atoms with Gasteiger partial charge in [0.05, 0.1) is 17.9 Å². The third kappa shape index (κ3) is 4.53. The molecule has 4 heterocycles. The van der Waals surface area contributed by atoms with Crippen LogP contribution in [0.25, 0.3) is 4.96 Å². The molecule has 2 aromatic rings. The van der Waals surface area contributed by atoms with Gasteiger partial charge in [-0.1, -0.05) is 12.8 Å². The van der Waals surface area contributed by atoms with Crippen LogP contribution in [0.4, 0.5) is 0 Å². The van der Waals surface area contributed by atoms with Crippen LogP contribution in [0, 0.1) is 0 Å². The molecular weight excluding hydrogens is 410 g/mol. The van der Waals surface area contributed by atoms with Gasteiger partial charge in [0.25, 0.3) is 5.91 Å². The van der Waals surface area contributed by atoms with Crippen LogP contribution in [0.5, 0.6) is 0 Å². The zero-order valence-corrected chi connectivity index (χ0v) is 19.6. The lowest BCUT2D eigenvalue weighted by molar-refractivity contribution is -0.0587. The molecule has 0 aromatic carbocycles. The highest BCUT2D eigenvalue weighted by atomic mass is 32.1. The van der Waals surface area contributed by atoms with Gasteiger partial charge in [0.15, 0.2) is 10.7 Å². The Balaban J connectivity index is 1.33. The van der Waals surface area contributed by atoms with Crippen LogP contribution in [-0.2, 0) is 11.3 Å². The van der Waals surface area contributed by atoms with Crippen molar-refractivity contribution in [2.45, 2.75) is 70.7 Å². The molecule has 170 valence electrons. The number of morpholine rings is 1. The van der Waals surface area contributed by atoms with Crippen molar-refractivity contribution in [1.29, 1.82) is 0 Å². The number of carbonyl (C=O) groups is 1. The Morgan fingerprint density at radius 1 is 1.10 bits per heavy atom. The summed E-state index contributed by atoms with van der Waals surface area (Å²) in [5, 5.41) is 2.06. The summed E-state index contributed by atoms with van der Waals surface area (Å²) in [5.74, 6) is 0.0512. The van der Waals surface area contributed by atoms with Crippen LogP contribution in [0.15, 0.2) is 11.6 Å². The predicted molar refractivity (Wildman–Crippen MR) is 123 cm³/mol. The zero-order chi connectivity index (χ0) is 21.4. The highest BCUT2D eigenvalue weighted by Gasteiger charge is 2.31. The molecule has 2 saturated heterocycles. The Kier molecular flexibility index (Phi) is 6.32. The Hall–Kier alpha value is -1.48. The number of carbonyl (C=O) groups excluding carboxylic acids is 1. The van der Waals surface area contributed by atoms with Crippen molar-refractivity contribution in [1.82, 2.24) is 24.1 Å². The minimum absolute atomic E-state index is 0.0512. The molecule has 1 saturated carbocycles. The molecule has 8 heteroatoms. The molecule has 0 spiro atoms. The van der Waals surface area contributed by atoms with Crippen LogP contribution < -0.4 is 0 Å². The summed E-state index contributed by atoms with van der Waals surface area (Å²) in [7, 11) is 0. The van der Waals surface area contributed by atoms with Gasteiger partial charge in [0, 0.05) is 50.3 Å². The van der Waals surface area contributed by atoms with E-state index in [4.69, 9.17) is 9.72 Å². The molecule has 2 aromatic heterocycles. The molecule has 2 aliphatic heterocycles. The number of ether oxygens (including phenoxy) is 1. The monoisotopic (exact) mass is 445 g/mol. The van der Waals surface area contributed by atoms with Crippen LogP contribution in [0.1, 0.15) is 62.1 Å². The molecule has 0 unspecified atom stereocenters. The minimum atomic E-state index is 0.0512. The number of amides is 1. The van der Waals surface area contributed by atoms with E-state index >= 15 is 0 Å². The topological polar surface area (TPSA) is 53.3 Å². The van der Waals surface area contributed by atoms with Gasteiger partial charge < -0.3 is 9.64 Å². The maximum Gasteiger partial charge on any atom is 0.274 e. The van der Waals surface area contributed by atoms with Crippen LogP contribution >= 0.6 is 11.3 Å². The van der Waals surface area contributed by atoms with E-state index in [0.29, 0.717) is 18.8 Å². The van der Waals surface area contributed by atoms with Gasteiger partial charge in [-0.05, 0) is 46.2 Å². The van der Waals surface area contributed by atoms with Crippen molar-refractivity contribution in [3.63, 3.8) is 0 Å². The van der Waals surface area contributed by atoms with Crippen LogP contribution in [0.3, 0.4) is 0 Å². The third-order valence-electron chi connectivity index (χ3n) is 7.11. The lowest BCUT2D eigenvalue weighted by Gasteiger charge is -2.35. The predicted octanol–water partition coefficient (Wildman–Crippen LogP) is 3.10. The fourth-order valence-electron chi connectivity index (χ4n) is 5.64. The van der Waals surface area contributed by atoms with Gasteiger partial charge in [-0.3, -0.25) is 19.0 Å². The molecule has 5 rings (SSSR count). The van der Waals surface area contributed by atoms with Crippen molar-refractivity contribution >= 4 is 22.2 Å². The first-order valence-electron chi connectivity index (χ1n) is 11.9. The Morgan fingerprint density at radius 3 is 2.65 bits per heavy atom. The minimum Gasteiger partial charge on any atom is -0.372 e. The van der Waals surface area contributed by atoms with Crippen molar-refractivity contribution in [2.24, 2.45) is 0 Å². The average Bonchev–Trinajstić information content (AvgIpc) is 3.45. The first kappa shape index (κ1) is 21.4. The summed E-state index contributed by atoms with van der Waals surface area (Å²) >= 11 is 1.60. The van der Waals surface area contributed by atoms with E-state index in [9.17, 15) is 4.79 Å². The second-order valence-electron chi connectivity index (χ2n) is 9.53. The standard InChI is InChI=1S/C23H35N5O2S/c1-17-14-27(15-18(2)30-17)22(29)21-20(28-12-13-31-23(28)24-21)16-25-8-5-9-26(11-10-25)19-6-3-4-7-19/h12-13,17-19H,3-11,14-16H2,1-2H3/t17-,18+. The van der Waals surface area contributed by atoms with E-state index in [-0.39, 0.29) is 18.1 Å². The first-order chi connectivity index (χ1) is 15.1. The number of aromatic nitrogens is 2. The normalized spacial score (nSPS) is 27.2. The summed E-state index contributed by atoms with van der Waals surface area (Å²) in [6.07, 6.45) is 8.90. The third-order valence-corrected chi connectivity index (χ3v) is 7.86. The molecule has 0 radical (unpaired) electrons. The number of hydrogen-bond acceptors (Lipinski definition) is 6. The van der Waals surface area contributed by atoms with Gasteiger partial charge >= 0.3 is 0 Å². The van der Waals surface area contributed by atoms with Gasteiger partial charge in [-0.2, -0.15) is 0 Å². The van der Waals surface area contributed by atoms with Crippen LogP contribution in [0.2, 0.25) is 0 Å². The van der Waals surface area contributed by atoms with E-state index in [2.05, 4.69) is 25.8 Å². The van der Waals surface area contributed by atoms with Crippen molar-refractivity contribution in [3.05, 3.63) is 23.0 Å². The summed E-state index contributed by atoms with van der Waals surface area (Å²) < 4.78 is 7.96. The fraction of sp³-hybridized carbons (Fsp3) is 0.739. The van der Waals surface area contributed by atoms with E-state index in [1.165, 1.54) is 38.6 Å². The van der Waals surface area contributed by atoms with E-state index in [0.717, 1.165) is 42.9 Å². The van der Waals surface area contributed by atoms with Crippen LogP contribution in [-0.4, -0.2) is 87.5 Å². The van der Waals surface area contributed by atoms with Crippen molar-refractivity contribution in [3.8, 4) is 0 Å². The van der Waals surface area contributed by atoms with Crippen molar-refractivity contribution < 1.29 is 9.53 Å². The Bertz CT molecular complexity index is 895. The number of imidazole rings is 1. The number of thiazole rings is 1. The molecule has 31 heavy (non-hydrogen) atoms. The highest BCUT2D eigenvalue weighted by molar-refractivity contribution is 7.15. The number of fused-ring (bicyclic) bond motifs is 1. The zero-order valence-electron chi connectivity index (χ0n) is 18.8. The lowest BCUT2D eigenvalue weighted by Crippen LogP contribution is -2.48. The maximum absolute atomic E-state index is 13.5. The fourth-order valence-corrected chi connectivity index (χ4v) is 6.38. The average molecular weight is 446 g/mol. The molecule has 3 aliphatic rings. The van der Waals surface area contributed by atoms with Gasteiger partial charge in [0.1, 0.15) is 0 Å². The summed E-state index contributed by atoms with van der Waals surface area (Å²) in [6.45, 7) is 10.6. The number of nitrogens with zero attached hydrogens (tertiary/aromatic N) is 5. The summed E-state index contributed by atoms with van der Waals surface area (Å²) in [4.78, 5) is 26.3. The van der Waals surface area contributed by atoms with Gasteiger partial charge in [-0.25, -0.2) is 4.98 Å². The van der Waals surface area contributed by atoms with E-state index in [1.807, 2.05) is 18.7 Å². The second kappa shape index (κ2) is 9.17. The highest BCUT2D eigenvalue weighted by Crippen LogP contribution is 2.26. The molecule has 1 aliphatic carbocycles. The summed E-state index contributed by atoms with van der Waals surface area (Å²) in [6, 6.07) is 0.793. The van der Waals surface area contributed by atoms with E-state index in [1.54, 1.807) is 11.3 Å². The lowest BCUT2D eigenvalue weighted by atomic mass is 10.2. The molecule has 0 N–H and O–H groups in total. The second-order valence-corrected chi connectivity index (χ2v) is 10.4. The Morgan fingerprint density at radius 2 is 1.87 bits per heavy atom. The quantitative estimate of drug-likeness (QED) is 0.724. The van der Waals surface area contributed by atoms with Gasteiger partial charge in [0.2, 0.25) is 0 Å². The maximum atomic E-state index is 13.5. The summed E-state index contributed by atoms with van der Waals surface area (Å²) in [5.41, 5.74) is 1.67.